The van der Waals surface area contributed by atoms with Gasteiger partial charge in [0.2, 0.25) is 0 Å². The largest absolute Gasteiger partial charge is 0.463 e. The van der Waals surface area contributed by atoms with Crippen LogP contribution in [-0.2, 0) is 0 Å². The van der Waals surface area contributed by atoms with Gasteiger partial charge in [0, 0.05) is 18.4 Å². The van der Waals surface area contributed by atoms with Gasteiger partial charge in [0.1, 0.15) is 17.7 Å². The minimum Gasteiger partial charge on any atom is -0.463 e. The molecule has 0 aliphatic heterocycles. The van der Waals surface area contributed by atoms with Crippen LogP contribution < -0.4 is 11.1 Å². The summed E-state index contributed by atoms with van der Waals surface area (Å²) in [4.78, 5) is 12.0. The van der Waals surface area contributed by atoms with Crippen LogP contribution in [0, 0.1) is 0 Å². The fourth-order valence-corrected chi connectivity index (χ4v) is 1.77. The molecule has 0 saturated carbocycles. The molecule has 0 unspecified atom stereocenters. The van der Waals surface area contributed by atoms with Gasteiger partial charge in [-0.15, -0.1) is 0 Å². The summed E-state index contributed by atoms with van der Waals surface area (Å²) >= 11 is 0. The SMILES string of the molecule is NC(CCCNC(=O)c1coc2ccccc12)=NO. The Hall–Kier alpha value is -2.50. The Balaban J connectivity index is 1.93. The van der Waals surface area contributed by atoms with Crippen LogP contribution in [0.15, 0.2) is 40.1 Å². The van der Waals surface area contributed by atoms with E-state index >= 15 is 0 Å². The first-order chi connectivity index (χ1) is 9.22. The number of hydrogen-bond acceptors (Lipinski definition) is 4. The summed E-state index contributed by atoms with van der Waals surface area (Å²) in [6.07, 6.45) is 2.49. The van der Waals surface area contributed by atoms with Gasteiger partial charge >= 0.3 is 0 Å². The highest BCUT2D eigenvalue weighted by Crippen LogP contribution is 2.20. The van der Waals surface area contributed by atoms with Crippen LogP contribution in [-0.4, -0.2) is 23.5 Å². The van der Waals surface area contributed by atoms with Crippen LogP contribution in [0.5, 0.6) is 0 Å². The molecule has 19 heavy (non-hydrogen) atoms. The van der Waals surface area contributed by atoms with E-state index in [1.807, 2.05) is 24.3 Å². The smallest absolute Gasteiger partial charge is 0.255 e. The average Bonchev–Trinajstić information content (AvgIpc) is 2.87. The van der Waals surface area contributed by atoms with E-state index in [4.69, 9.17) is 15.4 Å². The summed E-state index contributed by atoms with van der Waals surface area (Å²) in [5.74, 6) is -0.0348. The van der Waals surface area contributed by atoms with E-state index in [2.05, 4.69) is 10.5 Å². The first-order valence-corrected chi connectivity index (χ1v) is 5.93. The molecule has 0 saturated heterocycles. The molecule has 2 rings (SSSR count). The molecule has 0 atom stereocenters. The molecule has 1 aromatic heterocycles. The maximum Gasteiger partial charge on any atom is 0.255 e. The van der Waals surface area contributed by atoms with Gasteiger partial charge < -0.3 is 20.7 Å². The number of fused-ring (bicyclic) bond motifs is 1. The zero-order chi connectivity index (χ0) is 13.7. The predicted octanol–water partition coefficient (Wildman–Crippen LogP) is 1.69. The molecule has 0 spiro atoms. The van der Waals surface area contributed by atoms with E-state index in [-0.39, 0.29) is 11.7 Å². The van der Waals surface area contributed by atoms with E-state index in [0.717, 1.165) is 5.39 Å². The lowest BCUT2D eigenvalue weighted by Crippen LogP contribution is -2.25. The van der Waals surface area contributed by atoms with Crippen molar-refractivity contribution in [2.24, 2.45) is 10.9 Å². The quantitative estimate of drug-likeness (QED) is 0.250. The number of carbonyl (C=O) groups is 1. The van der Waals surface area contributed by atoms with Crippen LogP contribution in [0.4, 0.5) is 0 Å². The lowest BCUT2D eigenvalue weighted by atomic mass is 10.1. The molecule has 0 bridgehead atoms. The number of rotatable bonds is 5. The predicted molar refractivity (Wildman–Crippen MR) is 71.2 cm³/mol. The summed E-state index contributed by atoms with van der Waals surface area (Å²) in [5.41, 5.74) is 6.53. The summed E-state index contributed by atoms with van der Waals surface area (Å²) in [5, 5.41) is 14.8. The number of furan rings is 1. The molecule has 0 aliphatic carbocycles. The van der Waals surface area contributed by atoms with Gasteiger partial charge in [-0.1, -0.05) is 23.4 Å². The highest BCUT2D eigenvalue weighted by Gasteiger charge is 2.12. The molecule has 2 aromatic rings. The minimum atomic E-state index is -0.190. The maximum atomic E-state index is 12.0. The third-order valence-corrected chi connectivity index (χ3v) is 2.75. The van der Waals surface area contributed by atoms with Crippen LogP contribution in [0.2, 0.25) is 0 Å². The fourth-order valence-electron chi connectivity index (χ4n) is 1.77. The number of carbonyl (C=O) groups excluding carboxylic acids is 1. The number of amidine groups is 1. The van der Waals surface area contributed by atoms with Crippen molar-refractivity contribution in [3.8, 4) is 0 Å². The maximum absolute atomic E-state index is 12.0. The second-order valence-corrected chi connectivity index (χ2v) is 4.10. The molecule has 1 amide bonds. The number of oxime groups is 1. The van der Waals surface area contributed by atoms with E-state index in [0.29, 0.717) is 30.5 Å². The number of hydrogen-bond donors (Lipinski definition) is 3. The summed E-state index contributed by atoms with van der Waals surface area (Å²) < 4.78 is 5.30. The van der Waals surface area contributed by atoms with Gasteiger partial charge in [0.15, 0.2) is 0 Å². The highest BCUT2D eigenvalue weighted by atomic mass is 16.4. The van der Waals surface area contributed by atoms with Crippen LogP contribution >= 0.6 is 0 Å². The van der Waals surface area contributed by atoms with Gasteiger partial charge in [-0.25, -0.2) is 0 Å². The summed E-state index contributed by atoms with van der Waals surface area (Å²) in [6.45, 7) is 0.453. The molecule has 6 heteroatoms. The second kappa shape index (κ2) is 5.90. The topological polar surface area (TPSA) is 101 Å². The number of nitrogens with one attached hydrogen (secondary N) is 1. The van der Waals surface area contributed by atoms with E-state index in [1.165, 1.54) is 6.26 Å². The van der Waals surface area contributed by atoms with Crippen molar-refractivity contribution in [1.29, 1.82) is 0 Å². The number of nitrogens with two attached hydrogens (primary N) is 1. The highest BCUT2D eigenvalue weighted by molar-refractivity contribution is 6.05. The Bertz CT molecular complexity index is 604. The number of para-hydroxylation sites is 1. The van der Waals surface area contributed by atoms with Gasteiger partial charge in [-0.2, -0.15) is 0 Å². The van der Waals surface area contributed by atoms with Gasteiger partial charge in [-0.05, 0) is 12.5 Å². The van der Waals surface area contributed by atoms with Crippen molar-refractivity contribution in [1.82, 2.24) is 5.32 Å². The molecular weight excluding hydrogens is 246 g/mol. The van der Waals surface area contributed by atoms with E-state index < -0.39 is 0 Å². The number of benzene rings is 1. The molecule has 0 radical (unpaired) electrons. The summed E-state index contributed by atoms with van der Waals surface area (Å²) in [6, 6.07) is 7.35. The standard InChI is InChI=1S/C13H15N3O3/c14-12(16-18)6-3-7-15-13(17)10-8-19-11-5-2-1-4-9(10)11/h1-2,4-5,8,18H,3,6-7H2,(H2,14,16)(H,15,17). The zero-order valence-corrected chi connectivity index (χ0v) is 10.3. The third-order valence-electron chi connectivity index (χ3n) is 2.75. The lowest BCUT2D eigenvalue weighted by Gasteiger charge is -2.03. The van der Waals surface area contributed by atoms with Gasteiger partial charge in [0.25, 0.3) is 5.91 Å². The van der Waals surface area contributed by atoms with Crippen LogP contribution in [0.3, 0.4) is 0 Å². The molecule has 1 heterocycles. The monoisotopic (exact) mass is 261 g/mol. The Kier molecular flexibility index (Phi) is 4.02. The van der Waals surface area contributed by atoms with Crippen LogP contribution in [0.25, 0.3) is 11.0 Å². The Morgan fingerprint density at radius 3 is 3.00 bits per heavy atom. The Labute approximate surface area is 109 Å². The molecule has 100 valence electrons. The zero-order valence-electron chi connectivity index (χ0n) is 10.3. The fraction of sp³-hybridized carbons (Fsp3) is 0.231. The van der Waals surface area contributed by atoms with Gasteiger partial charge in [0.05, 0.1) is 5.56 Å². The van der Waals surface area contributed by atoms with Crippen molar-refractivity contribution < 1.29 is 14.4 Å². The van der Waals surface area contributed by atoms with Crippen molar-refractivity contribution in [2.75, 3.05) is 6.54 Å². The molecule has 0 aliphatic rings. The lowest BCUT2D eigenvalue weighted by molar-refractivity contribution is 0.0954. The Morgan fingerprint density at radius 2 is 2.21 bits per heavy atom. The Morgan fingerprint density at radius 1 is 1.42 bits per heavy atom. The van der Waals surface area contributed by atoms with Crippen molar-refractivity contribution in [3.05, 3.63) is 36.1 Å². The van der Waals surface area contributed by atoms with E-state index in [1.54, 1.807) is 0 Å². The number of nitrogens with zero attached hydrogens (tertiary/aromatic N) is 1. The molecule has 4 N–H and O–H groups in total. The first-order valence-electron chi connectivity index (χ1n) is 5.93. The minimum absolute atomic E-state index is 0.156. The molecule has 6 nitrogen and oxygen atoms in total. The first kappa shape index (κ1) is 12.9. The second-order valence-electron chi connectivity index (χ2n) is 4.10. The number of amides is 1. The van der Waals surface area contributed by atoms with Crippen molar-refractivity contribution >= 4 is 22.7 Å². The molecule has 0 fully saturated rings. The van der Waals surface area contributed by atoms with E-state index in [9.17, 15) is 4.79 Å². The van der Waals surface area contributed by atoms with Gasteiger partial charge in [-0.3, -0.25) is 4.79 Å². The normalized spacial score (nSPS) is 11.7. The molecule has 1 aromatic carbocycles. The molecular formula is C13H15N3O3. The van der Waals surface area contributed by atoms with Crippen LogP contribution in [0.1, 0.15) is 23.2 Å². The van der Waals surface area contributed by atoms with Crippen molar-refractivity contribution in [2.45, 2.75) is 12.8 Å². The van der Waals surface area contributed by atoms with Crippen molar-refractivity contribution in [3.63, 3.8) is 0 Å². The third kappa shape index (κ3) is 3.04. The summed E-state index contributed by atoms with van der Waals surface area (Å²) in [7, 11) is 0. The average molecular weight is 261 g/mol.